The highest BCUT2D eigenvalue weighted by Crippen LogP contribution is 2.34. The van der Waals surface area contributed by atoms with Gasteiger partial charge in [0.15, 0.2) is 0 Å². The Balaban J connectivity index is 1.15. The second-order valence-electron chi connectivity index (χ2n) is 10.8. The summed E-state index contributed by atoms with van der Waals surface area (Å²) in [7, 11) is 0. The van der Waals surface area contributed by atoms with Crippen molar-refractivity contribution >= 4 is 40.1 Å². The molecule has 11 nitrogen and oxygen atoms in total. The van der Waals surface area contributed by atoms with Crippen LogP contribution >= 0.6 is 0 Å². The zero-order chi connectivity index (χ0) is 31.2. The van der Waals surface area contributed by atoms with Gasteiger partial charge in [0.05, 0.1) is 19.8 Å². The number of hydrogen-bond donors (Lipinski definition) is 2. The Kier molecular flexibility index (Phi) is 9.20. The van der Waals surface area contributed by atoms with Gasteiger partial charge in [0.25, 0.3) is 5.91 Å². The van der Waals surface area contributed by atoms with Gasteiger partial charge >= 0.3 is 6.09 Å². The lowest BCUT2D eigenvalue weighted by Crippen LogP contribution is -2.42. The fourth-order valence-electron chi connectivity index (χ4n) is 5.56. The molecular weight excluding hydrogens is 579 g/mol. The first kappa shape index (κ1) is 30.1. The molecule has 234 valence electrons. The minimum atomic E-state index is -0.474. The number of halogens is 1. The van der Waals surface area contributed by atoms with Gasteiger partial charge in [-0.15, -0.1) is 0 Å². The summed E-state index contributed by atoms with van der Waals surface area (Å²) in [6, 6.07) is 17.2. The molecule has 0 atom stereocenters. The molecule has 3 aromatic carbocycles. The molecule has 2 aliphatic rings. The van der Waals surface area contributed by atoms with E-state index in [0.717, 1.165) is 23.6 Å². The number of morpholine rings is 1. The van der Waals surface area contributed by atoms with Crippen LogP contribution < -0.4 is 20.3 Å². The number of ether oxygens (including phenoxy) is 3. The second kappa shape index (κ2) is 13.8. The largest absolute Gasteiger partial charge is 0.450 e. The number of fused-ring (bicyclic) bond motifs is 1. The molecule has 0 radical (unpaired) electrons. The number of nitrogens with one attached hydrogen (secondary N) is 2. The summed E-state index contributed by atoms with van der Waals surface area (Å²) in [6.07, 6.45) is 2.83. The van der Waals surface area contributed by atoms with Gasteiger partial charge < -0.3 is 34.6 Å². The Labute approximate surface area is 260 Å². The van der Waals surface area contributed by atoms with E-state index in [1.807, 2.05) is 29.2 Å². The van der Waals surface area contributed by atoms with Crippen molar-refractivity contribution in [1.29, 1.82) is 0 Å². The predicted molar refractivity (Wildman–Crippen MR) is 169 cm³/mol. The Bertz CT molecular complexity index is 1670. The monoisotopic (exact) mass is 614 g/mol. The minimum absolute atomic E-state index is 0.109. The van der Waals surface area contributed by atoms with E-state index in [1.54, 1.807) is 42.3 Å². The highest BCUT2D eigenvalue weighted by atomic mass is 19.1. The summed E-state index contributed by atoms with van der Waals surface area (Å²) in [5.41, 5.74) is 1.45. The molecular formula is C33H35FN6O5. The van der Waals surface area contributed by atoms with Gasteiger partial charge in [0.2, 0.25) is 11.8 Å². The van der Waals surface area contributed by atoms with Gasteiger partial charge in [-0.25, -0.2) is 14.2 Å². The number of carbonyl (C=O) groups excluding carboxylic acids is 2. The lowest BCUT2D eigenvalue weighted by Gasteiger charge is -2.31. The summed E-state index contributed by atoms with van der Waals surface area (Å²) in [5, 5.41) is 7.82. The van der Waals surface area contributed by atoms with Crippen LogP contribution in [0.15, 0.2) is 66.9 Å². The highest BCUT2D eigenvalue weighted by molar-refractivity contribution is 6.10. The van der Waals surface area contributed by atoms with Crippen molar-refractivity contribution < 1.29 is 28.2 Å². The van der Waals surface area contributed by atoms with E-state index in [1.165, 1.54) is 12.1 Å². The molecule has 4 aromatic rings. The van der Waals surface area contributed by atoms with Crippen LogP contribution in [0.2, 0.25) is 0 Å². The normalized spacial score (nSPS) is 15.5. The molecule has 2 N–H and O–H groups in total. The summed E-state index contributed by atoms with van der Waals surface area (Å²) >= 11 is 0. The third-order valence-corrected chi connectivity index (χ3v) is 7.85. The standard InChI is InChI=1S/C33H35FN6O5/c1-2-44-33(42)40-13-10-24(11-14-40)36-32-35-12-9-30(38-32)45-29-8-7-28(26-5-3-4-6-27(26)29)37-31(41)22-19-23(34)21-25(20-22)39-15-17-43-18-16-39/h3-9,12,19-21,24H,2,10-11,13-18H2,1H3,(H,37,41)(H,35,36,38). The Hall–Kier alpha value is -4.97. The third kappa shape index (κ3) is 7.23. The smallest absolute Gasteiger partial charge is 0.409 e. The predicted octanol–water partition coefficient (Wildman–Crippen LogP) is 5.68. The number of hydrogen-bond acceptors (Lipinski definition) is 9. The number of rotatable bonds is 8. The van der Waals surface area contributed by atoms with E-state index in [-0.39, 0.29) is 17.7 Å². The SMILES string of the molecule is CCOC(=O)N1CCC(Nc2nccc(Oc3ccc(NC(=O)c4cc(F)cc(N5CCOCC5)c4)c4ccccc34)n2)CC1. The molecule has 2 aliphatic heterocycles. The number of amides is 2. The molecule has 12 heteroatoms. The number of likely N-dealkylation sites (tertiary alicyclic amines) is 1. The zero-order valence-corrected chi connectivity index (χ0v) is 25.0. The van der Waals surface area contributed by atoms with Gasteiger partial charge in [0.1, 0.15) is 11.6 Å². The highest BCUT2D eigenvalue weighted by Gasteiger charge is 2.24. The molecule has 2 fully saturated rings. The maximum Gasteiger partial charge on any atom is 0.409 e. The van der Waals surface area contributed by atoms with Crippen LogP contribution in [0.25, 0.3) is 10.8 Å². The summed E-state index contributed by atoms with van der Waals surface area (Å²) in [6.45, 7) is 5.73. The van der Waals surface area contributed by atoms with Gasteiger partial charge in [-0.1, -0.05) is 24.3 Å². The first-order valence-corrected chi connectivity index (χ1v) is 15.1. The number of benzene rings is 3. The summed E-state index contributed by atoms with van der Waals surface area (Å²) in [5.74, 6) is 0.452. The van der Waals surface area contributed by atoms with Crippen LogP contribution in [0.1, 0.15) is 30.1 Å². The van der Waals surface area contributed by atoms with Crippen molar-refractivity contribution in [2.75, 3.05) is 61.5 Å². The van der Waals surface area contributed by atoms with E-state index in [0.29, 0.717) is 75.0 Å². The average molecular weight is 615 g/mol. The molecule has 0 spiro atoms. The number of nitrogens with zero attached hydrogens (tertiary/aromatic N) is 4. The van der Waals surface area contributed by atoms with Crippen molar-refractivity contribution in [2.24, 2.45) is 0 Å². The van der Waals surface area contributed by atoms with Crippen LogP contribution in [0.5, 0.6) is 11.6 Å². The van der Waals surface area contributed by atoms with Crippen molar-refractivity contribution in [2.45, 2.75) is 25.8 Å². The average Bonchev–Trinajstić information content (AvgIpc) is 3.06. The molecule has 45 heavy (non-hydrogen) atoms. The second-order valence-corrected chi connectivity index (χ2v) is 10.8. The Morgan fingerprint density at radius 1 is 1.00 bits per heavy atom. The number of anilines is 3. The number of carbonyl (C=O) groups is 2. The van der Waals surface area contributed by atoms with E-state index in [2.05, 4.69) is 20.6 Å². The van der Waals surface area contributed by atoms with Gasteiger partial charge in [-0.2, -0.15) is 4.98 Å². The van der Waals surface area contributed by atoms with Crippen molar-refractivity contribution in [3.8, 4) is 11.6 Å². The third-order valence-electron chi connectivity index (χ3n) is 7.85. The molecule has 0 saturated carbocycles. The zero-order valence-electron chi connectivity index (χ0n) is 25.0. The van der Waals surface area contributed by atoms with Crippen molar-refractivity contribution in [1.82, 2.24) is 14.9 Å². The first-order valence-electron chi connectivity index (χ1n) is 15.1. The molecule has 0 bridgehead atoms. The lowest BCUT2D eigenvalue weighted by atomic mass is 10.1. The molecule has 2 saturated heterocycles. The molecule has 0 aliphatic carbocycles. The van der Waals surface area contributed by atoms with E-state index in [4.69, 9.17) is 14.2 Å². The van der Waals surface area contributed by atoms with Crippen LogP contribution in [0.3, 0.4) is 0 Å². The lowest BCUT2D eigenvalue weighted by molar-refractivity contribution is 0.0981. The molecule has 0 unspecified atom stereocenters. The molecule has 2 amide bonds. The van der Waals surface area contributed by atoms with Crippen LogP contribution in [-0.4, -0.2) is 78.9 Å². The van der Waals surface area contributed by atoms with E-state index in [9.17, 15) is 14.0 Å². The molecule has 1 aromatic heterocycles. The van der Waals surface area contributed by atoms with E-state index >= 15 is 0 Å². The van der Waals surface area contributed by atoms with Crippen LogP contribution in [0.4, 0.5) is 26.5 Å². The van der Waals surface area contributed by atoms with Gasteiger partial charge in [-0.3, -0.25) is 4.79 Å². The number of aromatic nitrogens is 2. The maximum absolute atomic E-state index is 14.5. The van der Waals surface area contributed by atoms with Crippen molar-refractivity contribution in [3.05, 3.63) is 78.2 Å². The fourth-order valence-corrected chi connectivity index (χ4v) is 5.56. The fraction of sp³-hybridized carbons (Fsp3) is 0.333. The summed E-state index contributed by atoms with van der Waals surface area (Å²) in [4.78, 5) is 37.9. The number of piperidine rings is 1. The topological polar surface area (TPSA) is 118 Å². The van der Waals surface area contributed by atoms with Crippen molar-refractivity contribution in [3.63, 3.8) is 0 Å². The van der Waals surface area contributed by atoms with Crippen LogP contribution in [0, 0.1) is 5.82 Å². The van der Waals surface area contributed by atoms with Gasteiger partial charge in [-0.05, 0) is 50.1 Å². The quantitative estimate of drug-likeness (QED) is 0.258. The van der Waals surface area contributed by atoms with Crippen LogP contribution in [-0.2, 0) is 9.47 Å². The Morgan fingerprint density at radius 2 is 1.78 bits per heavy atom. The van der Waals surface area contributed by atoms with E-state index < -0.39 is 11.7 Å². The minimum Gasteiger partial charge on any atom is -0.450 e. The maximum atomic E-state index is 14.5. The Morgan fingerprint density at radius 3 is 2.56 bits per heavy atom. The first-order chi connectivity index (χ1) is 22.0. The summed E-state index contributed by atoms with van der Waals surface area (Å²) < 4.78 is 31.2. The molecule has 6 rings (SSSR count). The molecule has 3 heterocycles. The van der Waals surface area contributed by atoms with Gasteiger partial charge in [0, 0.05) is 72.2 Å².